The molecule has 0 spiro atoms. The van der Waals surface area contributed by atoms with Crippen LogP contribution in [0.1, 0.15) is 34.3 Å². The highest BCUT2D eigenvalue weighted by Crippen LogP contribution is 2.32. The second kappa shape index (κ2) is 7.83. The van der Waals surface area contributed by atoms with Gasteiger partial charge in [-0.25, -0.2) is 0 Å². The maximum Gasteiger partial charge on any atom is 0.251 e. The van der Waals surface area contributed by atoms with E-state index in [1.165, 1.54) is 0 Å². The van der Waals surface area contributed by atoms with Crippen molar-refractivity contribution in [3.8, 4) is 0 Å². The molecule has 0 heterocycles. The van der Waals surface area contributed by atoms with Crippen LogP contribution >= 0.6 is 15.9 Å². The van der Waals surface area contributed by atoms with Gasteiger partial charge in [-0.3, -0.25) is 9.59 Å². The molecule has 0 bridgehead atoms. The summed E-state index contributed by atoms with van der Waals surface area (Å²) in [5, 5.41) is 2.64. The summed E-state index contributed by atoms with van der Waals surface area (Å²) < 4.78 is 0.904. The number of hydrogen-bond donors (Lipinski definition) is 1. The molecule has 25 heavy (non-hydrogen) atoms. The highest BCUT2D eigenvalue weighted by atomic mass is 79.9. The van der Waals surface area contributed by atoms with E-state index in [0.717, 1.165) is 28.4 Å². The first-order valence-electron chi connectivity index (χ1n) is 8.41. The SMILES string of the molecule is CNC(=O)c1ccc(Br)c(CN(Cc2ccccc2)C(=O)C2CC2)c1. The van der Waals surface area contributed by atoms with Crippen LogP contribution < -0.4 is 5.32 Å². The van der Waals surface area contributed by atoms with Crippen LogP contribution in [0.15, 0.2) is 53.0 Å². The van der Waals surface area contributed by atoms with Crippen molar-refractivity contribution in [3.05, 3.63) is 69.7 Å². The summed E-state index contributed by atoms with van der Waals surface area (Å²) in [5.41, 5.74) is 2.64. The number of hydrogen-bond acceptors (Lipinski definition) is 2. The fourth-order valence-corrected chi connectivity index (χ4v) is 3.16. The Morgan fingerprint density at radius 2 is 1.84 bits per heavy atom. The molecule has 0 saturated heterocycles. The van der Waals surface area contributed by atoms with Gasteiger partial charge in [-0.1, -0.05) is 46.3 Å². The number of halogens is 1. The third-order valence-corrected chi connectivity index (χ3v) is 5.12. The van der Waals surface area contributed by atoms with Crippen molar-refractivity contribution in [2.24, 2.45) is 5.92 Å². The Morgan fingerprint density at radius 3 is 2.48 bits per heavy atom. The molecule has 130 valence electrons. The van der Waals surface area contributed by atoms with Crippen LogP contribution in [-0.4, -0.2) is 23.8 Å². The van der Waals surface area contributed by atoms with Gasteiger partial charge in [0, 0.05) is 36.1 Å². The van der Waals surface area contributed by atoms with E-state index >= 15 is 0 Å². The number of benzene rings is 2. The normalized spacial score (nSPS) is 13.4. The summed E-state index contributed by atoms with van der Waals surface area (Å²) in [4.78, 5) is 26.5. The van der Waals surface area contributed by atoms with Crippen LogP contribution in [0.3, 0.4) is 0 Å². The summed E-state index contributed by atoms with van der Waals surface area (Å²) in [6.45, 7) is 1.06. The first-order chi connectivity index (χ1) is 12.1. The molecule has 0 aromatic heterocycles. The number of nitrogens with zero attached hydrogens (tertiary/aromatic N) is 1. The zero-order chi connectivity index (χ0) is 17.8. The van der Waals surface area contributed by atoms with Gasteiger partial charge in [0.2, 0.25) is 5.91 Å². The lowest BCUT2D eigenvalue weighted by atomic mass is 10.1. The van der Waals surface area contributed by atoms with E-state index in [-0.39, 0.29) is 17.7 Å². The minimum Gasteiger partial charge on any atom is -0.355 e. The van der Waals surface area contributed by atoms with Crippen molar-refractivity contribution in [2.75, 3.05) is 7.05 Å². The first-order valence-corrected chi connectivity index (χ1v) is 9.21. The number of carbonyl (C=O) groups excluding carboxylic acids is 2. The van der Waals surface area contributed by atoms with Crippen LogP contribution in [0, 0.1) is 5.92 Å². The van der Waals surface area contributed by atoms with Gasteiger partial charge in [0.1, 0.15) is 0 Å². The van der Waals surface area contributed by atoms with Crippen molar-refractivity contribution in [3.63, 3.8) is 0 Å². The lowest BCUT2D eigenvalue weighted by molar-refractivity contribution is -0.133. The van der Waals surface area contributed by atoms with E-state index in [1.54, 1.807) is 13.1 Å². The monoisotopic (exact) mass is 400 g/mol. The van der Waals surface area contributed by atoms with E-state index in [1.807, 2.05) is 47.4 Å². The summed E-state index contributed by atoms with van der Waals surface area (Å²) in [5.74, 6) is 0.225. The Morgan fingerprint density at radius 1 is 1.12 bits per heavy atom. The zero-order valence-corrected chi connectivity index (χ0v) is 15.8. The Balaban J connectivity index is 1.84. The van der Waals surface area contributed by atoms with Gasteiger partial charge in [0.15, 0.2) is 0 Å². The summed E-state index contributed by atoms with van der Waals surface area (Å²) in [7, 11) is 1.61. The van der Waals surface area contributed by atoms with E-state index in [2.05, 4.69) is 21.2 Å². The summed E-state index contributed by atoms with van der Waals surface area (Å²) in [6, 6.07) is 15.5. The fourth-order valence-electron chi connectivity index (χ4n) is 2.79. The molecule has 2 aromatic carbocycles. The van der Waals surface area contributed by atoms with E-state index < -0.39 is 0 Å². The fraction of sp³-hybridized carbons (Fsp3) is 0.300. The van der Waals surface area contributed by atoms with Gasteiger partial charge in [-0.05, 0) is 42.2 Å². The smallest absolute Gasteiger partial charge is 0.251 e. The van der Waals surface area contributed by atoms with Crippen molar-refractivity contribution in [1.29, 1.82) is 0 Å². The number of carbonyl (C=O) groups is 2. The molecule has 4 nitrogen and oxygen atoms in total. The van der Waals surface area contributed by atoms with Crippen molar-refractivity contribution in [1.82, 2.24) is 10.2 Å². The zero-order valence-electron chi connectivity index (χ0n) is 14.2. The largest absolute Gasteiger partial charge is 0.355 e. The minimum absolute atomic E-state index is 0.128. The van der Waals surface area contributed by atoms with Gasteiger partial charge in [0.25, 0.3) is 5.91 Å². The van der Waals surface area contributed by atoms with Crippen molar-refractivity contribution >= 4 is 27.7 Å². The third kappa shape index (κ3) is 4.48. The molecule has 0 unspecified atom stereocenters. The lowest BCUT2D eigenvalue weighted by Crippen LogP contribution is -2.31. The average molecular weight is 401 g/mol. The number of amides is 2. The van der Waals surface area contributed by atoms with E-state index in [0.29, 0.717) is 18.7 Å². The molecule has 1 saturated carbocycles. The highest BCUT2D eigenvalue weighted by molar-refractivity contribution is 9.10. The molecule has 2 amide bonds. The predicted molar refractivity (Wildman–Crippen MR) is 101 cm³/mol. The molecule has 1 fully saturated rings. The molecule has 3 rings (SSSR count). The molecular weight excluding hydrogens is 380 g/mol. The highest BCUT2D eigenvalue weighted by Gasteiger charge is 2.33. The standard InChI is InChI=1S/C20H21BrN2O2/c1-22-19(24)16-9-10-18(21)17(11-16)13-23(20(25)15-7-8-15)12-14-5-3-2-4-6-14/h2-6,9-11,15H,7-8,12-13H2,1H3,(H,22,24). The topological polar surface area (TPSA) is 49.4 Å². The Kier molecular flexibility index (Phi) is 5.53. The van der Waals surface area contributed by atoms with E-state index in [4.69, 9.17) is 0 Å². The van der Waals surface area contributed by atoms with Crippen LogP contribution in [0.2, 0.25) is 0 Å². The Labute approximate surface area is 156 Å². The second-order valence-electron chi connectivity index (χ2n) is 6.34. The Bertz CT molecular complexity index is 773. The first kappa shape index (κ1) is 17.7. The van der Waals surface area contributed by atoms with Crippen LogP contribution in [0.4, 0.5) is 0 Å². The van der Waals surface area contributed by atoms with Crippen molar-refractivity contribution in [2.45, 2.75) is 25.9 Å². The molecule has 1 aliphatic rings. The average Bonchev–Trinajstić information content (AvgIpc) is 3.47. The molecule has 1 N–H and O–H groups in total. The van der Waals surface area contributed by atoms with E-state index in [9.17, 15) is 9.59 Å². The molecule has 0 aliphatic heterocycles. The molecule has 0 radical (unpaired) electrons. The maximum absolute atomic E-state index is 12.7. The molecule has 5 heteroatoms. The summed E-state index contributed by atoms with van der Waals surface area (Å²) >= 11 is 3.55. The van der Waals surface area contributed by atoms with Gasteiger partial charge < -0.3 is 10.2 Å². The maximum atomic E-state index is 12.7. The summed E-state index contributed by atoms with van der Waals surface area (Å²) in [6.07, 6.45) is 1.95. The van der Waals surface area contributed by atoms with Crippen LogP contribution in [0.5, 0.6) is 0 Å². The van der Waals surface area contributed by atoms with Gasteiger partial charge in [0.05, 0.1) is 0 Å². The molecule has 1 aliphatic carbocycles. The van der Waals surface area contributed by atoms with Crippen LogP contribution in [-0.2, 0) is 17.9 Å². The third-order valence-electron chi connectivity index (χ3n) is 4.35. The molecule has 0 atom stereocenters. The minimum atomic E-state index is -0.128. The molecular formula is C20H21BrN2O2. The van der Waals surface area contributed by atoms with Gasteiger partial charge >= 0.3 is 0 Å². The quantitative estimate of drug-likeness (QED) is 0.802. The Hall–Kier alpha value is -2.14. The van der Waals surface area contributed by atoms with Gasteiger partial charge in [-0.2, -0.15) is 0 Å². The second-order valence-corrected chi connectivity index (χ2v) is 7.19. The number of nitrogens with one attached hydrogen (secondary N) is 1. The predicted octanol–water partition coefficient (Wildman–Crippen LogP) is 3.75. The van der Waals surface area contributed by atoms with Gasteiger partial charge in [-0.15, -0.1) is 0 Å². The molecule has 2 aromatic rings. The van der Waals surface area contributed by atoms with Crippen LogP contribution in [0.25, 0.3) is 0 Å². The lowest BCUT2D eigenvalue weighted by Gasteiger charge is -2.24. The number of rotatable bonds is 6. The van der Waals surface area contributed by atoms with Crippen molar-refractivity contribution < 1.29 is 9.59 Å².